The summed E-state index contributed by atoms with van der Waals surface area (Å²) in [5, 5.41) is 0. The van der Waals surface area contributed by atoms with Crippen molar-refractivity contribution in [1.29, 1.82) is 0 Å². The Hall–Kier alpha value is -4.21. The van der Waals surface area contributed by atoms with Crippen LogP contribution in [-0.2, 0) is 13.1 Å². The third kappa shape index (κ3) is 7.11. The van der Waals surface area contributed by atoms with Gasteiger partial charge < -0.3 is 4.90 Å². The van der Waals surface area contributed by atoms with Crippen LogP contribution in [0.2, 0.25) is 0 Å². The van der Waals surface area contributed by atoms with E-state index in [1.54, 1.807) is 0 Å². The summed E-state index contributed by atoms with van der Waals surface area (Å²) in [5.74, 6) is 0. The molecule has 1 saturated heterocycles. The van der Waals surface area contributed by atoms with Gasteiger partial charge in [-0.05, 0) is 159 Å². The van der Waals surface area contributed by atoms with Crippen LogP contribution < -0.4 is 4.90 Å². The van der Waals surface area contributed by atoms with Crippen LogP contribution in [0.3, 0.4) is 0 Å². The molecule has 3 heteroatoms. The molecule has 0 radical (unpaired) electrons. The molecule has 1 aliphatic heterocycles. The second-order valence-corrected chi connectivity index (χ2v) is 13.7. The molecule has 4 aromatic carbocycles. The summed E-state index contributed by atoms with van der Waals surface area (Å²) in [6.07, 6.45) is 4.29. The number of rotatable bonds is 8. The van der Waals surface area contributed by atoms with Crippen LogP contribution >= 0.6 is 0 Å². The first-order valence-electron chi connectivity index (χ1n) is 16.9. The highest BCUT2D eigenvalue weighted by Crippen LogP contribution is 2.30. The lowest BCUT2D eigenvalue weighted by Crippen LogP contribution is -2.44. The minimum atomic E-state index is 0.506. The molecular formula is C43H49N3. The molecule has 0 saturated carbocycles. The van der Waals surface area contributed by atoms with Gasteiger partial charge in [0.25, 0.3) is 0 Å². The van der Waals surface area contributed by atoms with Gasteiger partial charge in [0, 0.05) is 49.7 Å². The van der Waals surface area contributed by atoms with E-state index in [2.05, 4.69) is 143 Å². The van der Waals surface area contributed by atoms with E-state index >= 15 is 0 Å². The molecular weight excluding hydrogens is 558 g/mol. The van der Waals surface area contributed by atoms with Crippen LogP contribution in [-0.4, -0.2) is 29.0 Å². The third-order valence-corrected chi connectivity index (χ3v) is 10.4. The number of likely N-dealkylation sites (tertiary alicyclic amines) is 1. The second-order valence-electron chi connectivity index (χ2n) is 13.7. The SMILES string of the molecule is Cc1cccc(N(Cc2ccc(-c3cc(C)c(C)c(C)c3)cc2)C2CCN(Cc3ccnc(-c4cc(C)c(C)c(C)c4)c3)CC2)c1. The maximum atomic E-state index is 4.74. The van der Waals surface area contributed by atoms with Gasteiger partial charge in [0.15, 0.2) is 0 Å². The lowest BCUT2D eigenvalue weighted by molar-refractivity contribution is 0.201. The number of hydrogen-bond donors (Lipinski definition) is 0. The summed E-state index contributed by atoms with van der Waals surface area (Å²) < 4.78 is 0. The number of aromatic nitrogens is 1. The number of benzene rings is 4. The number of nitrogens with zero attached hydrogens (tertiary/aromatic N) is 3. The maximum absolute atomic E-state index is 4.74. The lowest BCUT2D eigenvalue weighted by atomic mass is 9.95. The summed E-state index contributed by atoms with van der Waals surface area (Å²) in [6, 6.07) is 32.5. The van der Waals surface area contributed by atoms with Crippen molar-refractivity contribution >= 4 is 5.69 Å². The molecule has 46 heavy (non-hydrogen) atoms. The average molecular weight is 608 g/mol. The Bertz CT molecular complexity index is 1780. The highest BCUT2D eigenvalue weighted by Gasteiger charge is 2.25. The van der Waals surface area contributed by atoms with Crippen LogP contribution in [0, 0.1) is 48.5 Å². The number of pyridine rings is 1. The Morgan fingerprint density at radius 2 is 1.24 bits per heavy atom. The first-order valence-corrected chi connectivity index (χ1v) is 16.9. The summed E-state index contributed by atoms with van der Waals surface area (Å²) in [6.45, 7) is 19.5. The Morgan fingerprint density at radius 1 is 0.630 bits per heavy atom. The van der Waals surface area contributed by atoms with E-state index in [4.69, 9.17) is 4.98 Å². The molecule has 0 bridgehead atoms. The summed E-state index contributed by atoms with van der Waals surface area (Å²) >= 11 is 0. The van der Waals surface area contributed by atoms with Crippen molar-refractivity contribution in [2.75, 3.05) is 18.0 Å². The predicted molar refractivity (Wildman–Crippen MR) is 196 cm³/mol. The van der Waals surface area contributed by atoms with E-state index in [0.29, 0.717) is 6.04 Å². The summed E-state index contributed by atoms with van der Waals surface area (Å²) in [4.78, 5) is 10.0. The molecule has 0 amide bonds. The van der Waals surface area contributed by atoms with E-state index in [1.165, 1.54) is 72.4 Å². The van der Waals surface area contributed by atoms with Crippen molar-refractivity contribution < 1.29 is 0 Å². The number of anilines is 1. The molecule has 6 rings (SSSR count). The van der Waals surface area contributed by atoms with E-state index < -0.39 is 0 Å². The topological polar surface area (TPSA) is 19.4 Å². The van der Waals surface area contributed by atoms with Crippen molar-refractivity contribution in [1.82, 2.24) is 9.88 Å². The van der Waals surface area contributed by atoms with Crippen molar-refractivity contribution in [3.05, 3.63) is 141 Å². The quantitative estimate of drug-likeness (QED) is 0.175. The zero-order chi connectivity index (χ0) is 32.4. The molecule has 0 unspecified atom stereocenters. The molecule has 3 nitrogen and oxygen atoms in total. The van der Waals surface area contributed by atoms with Crippen LogP contribution in [0.5, 0.6) is 0 Å². The molecule has 5 aromatic rings. The van der Waals surface area contributed by atoms with Gasteiger partial charge in [-0.15, -0.1) is 0 Å². The van der Waals surface area contributed by atoms with Crippen molar-refractivity contribution in [3.8, 4) is 22.4 Å². The fourth-order valence-electron chi connectivity index (χ4n) is 7.00. The first-order chi connectivity index (χ1) is 22.1. The Balaban J connectivity index is 1.15. The van der Waals surface area contributed by atoms with E-state index in [9.17, 15) is 0 Å². The fraction of sp³-hybridized carbons (Fsp3) is 0.326. The second kappa shape index (κ2) is 13.6. The van der Waals surface area contributed by atoms with E-state index in [-0.39, 0.29) is 0 Å². The van der Waals surface area contributed by atoms with Gasteiger partial charge in [-0.1, -0.05) is 48.5 Å². The first kappa shape index (κ1) is 31.8. The summed E-state index contributed by atoms with van der Waals surface area (Å²) in [5.41, 5.74) is 18.4. The molecule has 0 atom stereocenters. The Labute approximate surface area is 277 Å². The summed E-state index contributed by atoms with van der Waals surface area (Å²) in [7, 11) is 0. The Kier molecular flexibility index (Phi) is 9.42. The number of hydrogen-bond acceptors (Lipinski definition) is 3. The third-order valence-electron chi connectivity index (χ3n) is 10.4. The Morgan fingerprint density at radius 3 is 1.85 bits per heavy atom. The average Bonchev–Trinajstić information content (AvgIpc) is 3.05. The predicted octanol–water partition coefficient (Wildman–Crippen LogP) is 10.2. The number of aryl methyl sites for hydroxylation is 5. The minimum absolute atomic E-state index is 0.506. The van der Waals surface area contributed by atoms with Gasteiger partial charge in [0.1, 0.15) is 0 Å². The molecule has 2 heterocycles. The molecule has 1 aromatic heterocycles. The largest absolute Gasteiger partial charge is 0.364 e. The zero-order valence-corrected chi connectivity index (χ0v) is 28.8. The lowest BCUT2D eigenvalue weighted by Gasteiger charge is -2.40. The highest BCUT2D eigenvalue weighted by atomic mass is 15.2. The standard InChI is InChI=1S/C43H49N3/c1-29-9-8-10-42(21-29)46(28-36-11-13-38(14-12-36)39-22-30(2)34(6)31(3)23-39)41-16-19-45(20-17-41)27-37-15-18-44-43(26-37)40-24-32(4)35(7)33(5)25-40/h8-15,18,21-26,41H,16-17,19-20,27-28H2,1-7H3. The molecule has 0 spiro atoms. The van der Waals surface area contributed by atoms with Gasteiger partial charge in [0.05, 0.1) is 5.69 Å². The number of piperidine rings is 1. The van der Waals surface area contributed by atoms with Crippen LogP contribution in [0.25, 0.3) is 22.4 Å². The van der Waals surface area contributed by atoms with Crippen LogP contribution in [0.15, 0.2) is 91.1 Å². The zero-order valence-electron chi connectivity index (χ0n) is 28.8. The molecule has 0 N–H and O–H groups in total. The molecule has 1 aliphatic rings. The van der Waals surface area contributed by atoms with Crippen molar-refractivity contribution in [3.63, 3.8) is 0 Å². The van der Waals surface area contributed by atoms with Gasteiger partial charge >= 0.3 is 0 Å². The molecule has 1 fully saturated rings. The monoisotopic (exact) mass is 607 g/mol. The van der Waals surface area contributed by atoms with Gasteiger partial charge in [-0.3, -0.25) is 9.88 Å². The van der Waals surface area contributed by atoms with E-state index in [0.717, 1.165) is 44.7 Å². The van der Waals surface area contributed by atoms with Gasteiger partial charge in [-0.25, -0.2) is 0 Å². The van der Waals surface area contributed by atoms with Gasteiger partial charge in [0.2, 0.25) is 0 Å². The molecule has 236 valence electrons. The molecule has 0 aliphatic carbocycles. The smallest absolute Gasteiger partial charge is 0.0705 e. The van der Waals surface area contributed by atoms with Crippen molar-refractivity contribution in [2.45, 2.75) is 80.4 Å². The van der Waals surface area contributed by atoms with Crippen LogP contribution in [0.1, 0.15) is 62.9 Å². The van der Waals surface area contributed by atoms with E-state index in [1.807, 2.05) is 6.20 Å². The van der Waals surface area contributed by atoms with Crippen LogP contribution in [0.4, 0.5) is 5.69 Å². The normalized spacial score (nSPS) is 14.1. The highest BCUT2D eigenvalue weighted by molar-refractivity contribution is 5.67. The van der Waals surface area contributed by atoms with Gasteiger partial charge in [-0.2, -0.15) is 0 Å². The minimum Gasteiger partial charge on any atom is -0.364 e. The fourth-order valence-corrected chi connectivity index (χ4v) is 7.00. The van der Waals surface area contributed by atoms with Crippen molar-refractivity contribution in [2.24, 2.45) is 0 Å². The maximum Gasteiger partial charge on any atom is 0.0705 e.